The summed E-state index contributed by atoms with van der Waals surface area (Å²) in [6.07, 6.45) is 2.77. The number of aliphatic hydroxyl groups is 1. The first-order chi connectivity index (χ1) is 9.94. The molecule has 2 aromatic rings. The van der Waals surface area contributed by atoms with Gasteiger partial charge in [0.2, 0.25) is 0 Å². The minimum atomic E-state index is -0.860. The highest BCUT2D eigenvalue weighted by Crippen LogP contribution is 2.30. The second-order valence-corrected chi connectivity index (χ2v) is 5.91. The lowest BCUT2D eigenvalue weighted by atomic mass is 9.82. The van der Waals surface area contributed by atoms with Gasteiger partial charge in [-0.1, -0.05) is 29.8 Å². The van der Waals surface area contributed by atoms with Crippen molar-refractivity contribution in [2.75, 3.05) is 0 Å². The molecule has 1 aromatic carbocycles. The second-order valence-electron chi connectivity index (χ2n) is 5.91. The zero-order valence-electron chi connectivity index (χ0n) is 12.6. The topological polar surface area (TPSA) is 74.7 Å². The van der Waals surface area contributed by atoms with E-state index < -0.39 is 11.5 Å². The Morgan fingerprint density at radius 2 is 2.00 bits per heavy atom. The van der Waals surface area contributed by atoms with Crippen molar-refractivity contribution in [3.8, 4) is 6.07 Å². The minimum absolute atomic E-state index is 0.329. The third-order valence-corrected chi connectivity index (χ3v) is 3.73. The molecule has 0 spiro atoms. The van der Waals surface area contributed by atoms with Gasteiger partial charge in [0.15, 0.2) is 0 Å². The van der Waals surface area contributed by atoms with Gasteiger partial charge in [-0.2, -0.15) is 10.4 Å². The Balaban J connectivity index is 2.29. The minimum Gasteiger partial charge on any atom is -0.389 e. The molecular formula is C16H20N4O. The Kier molecular flexibility index (Phi) is 4.39. The van der Waals surface area contributed by atoms with Gasteiger partial charge in [-0.15, -0.1) is 0 Å². The Morgan fingerprint density at radius 3 is 2.52 bits per heavy atom. The maximum atomic E-state index is 10.6. The lowest BCUT2D eigenvalue weighted by Gasteiger charge is -2.31. The summed E-state index contributed by atoms with van der Waals surface area (Å²) in [5.41, 5.74) is 1.42. The van der Waals surface area contributed by atoms with Gasteiger partial charge in [0.05, 0.1) is 23.6 Å². The van der Waals surface area contributed by atoms with Gasteiger partial charge in [-0.25, -0.2) is 9.67 Å². The normalized spacial score (nSPS) is 14.4. The number of nitrogens with zero attached hydrogens (tertiary/aromatic N) is 4. The number of nitriles is 1. The molecule has 5 heteroatoms. The predicted octanol–water partition coefficient (Wildman–Crippen LogP) is 2.28. The first-order valence-corrected chi connectivity index (χ1v) is 6.93. The summed E-state index contributed by atoms with van der Waals surface area (Å²) in [4.78, 5) is 3.95. The molecule has 5 nitrogen and oxygen atoms in total. The van der Waals surface area contributed by atoms with Crippen molar-refractivity contribution in [2.45, 2.75) is 39.3 Å². The Labute approximate surface area is 124 Å². The Morgan fingerprint density at radius 1 is 1.33 bits per heavy atom. The summed E-state index contributed by atoms with van der Waals surface area (Å²) < 4.78 is 1.63. The van der Waals surface area contributed by atoms with Crippen LogP contribution in [0.5, 0.6) is 0 Å². The van der Waals surface area contributed by atoms with Crippen molar-refractivity contribution in [3.05, 3.63) is 48.0 Å². The monoisotopic (exact) mass is 284 g/mol. The molecule has 0 saturated heterocycles. The van der Waals surface area contributed by atoms with Gasteiger partial charge < -0.3 is 5.11 Å². The summed E-state index contributed by atoms with van der Waals surface area (Å²) in [7, 11) is 0. The molecular weight excluding hydrogens is 264 g/mol. The summed E-state index contributed by atoms with van der Waals surface area (Å²) in [5.74, 6) is 0. The molecule has 2 rings (SSSR count). The van der Waals surface area contributed by atoms with Gasteiger partial charge in [0.25, 0.3) is 0 Å². The molecule has 2 atom stereocenters. The first kappa shape index (κ1) is 15.2. The predicted molar refractivity (Wildman–Crippen MR) is 79.3 cm³/mol. The number of aliphatic hydroxyl groups excluding tert-OH is 1. The van der Waals surface area contributed by atoms with Gasteiger partial charge >= 0.3 is 0 Å². The van der Waals surface area contributed by atoms with Crippen LogP contribution in [-0.4, -0.2) is 26.0 Å². The molecule has 21 heavy (non-hydrogen) atoms. The molecule has 0 aliphatic heterocycles. The maximum Gasteiger partial charge on any atom is 0.137 e. The van der Waals surface area contributed by atoms with Crippen LogP contribution in [-0.2, 0) is 6.42 Å². The standard InChI is InChI=1S/C16H20N4O/c1-12-4-6-13(7-5-12)8-14(20-11-18-10-19-20)15(21)16(2,3)9-17/h4-7,10-11,14-15,21H,8H2,1-3H3. The number of hydrogen-bond acceptors (Lipinski definition) is 4. The fourth-order valence-electron chi connectivity index (χ4n) is 2.25. The van der Waals surface area contributed by atoms with Gasteiger partial charge in [0.1, 0.15) is 12.7 Å². The van der Waals surface area contributed by atoms with E-state index in [1.165, 1.54) is 11.9 Å². The number of rotatable bonds is 5. The van der Waals surface area contributed by atoms with E-state index in [0.717, 1.165) is 5.56 Å². The molecule has 2 unspecified atom stereocenters. The van der Waals surface area contributed by atoms with Crippen molar-refractivity contribution in [3.63, 3.8) is 0 Å². The molecule has 0 saturated carbocycles. The second kappa shape index (κ2) is 6.06. The van der Waals surface area contributed by atoms with E-state index in [-0.39, 0.29) is 6.04 Å². The zero-order chi connectivity index (χ0) is 15.5. The van der Waals surface area contributed by atoms with E-state index in [9.17, 15) is 10.4 Å². The van der Waals surface area contributed by atoms with E-state index >= 15 is 0 Å². The lowest BCUT2D eigenvalue weighted by Crippen LogP contribution is -2.38. The highest BCUT2D eigenvalue weighted by atomic mass is 16.3. The molecule has 110 valence electrons. The van der Waals surface area contributed by atoms with Crippen LogP contribution in [0, 0.1) is 23.7 Å². The molecule has 1 aromatic heterocycles. The van der Waals surface area contributed by atoms with Crippen LogP contribution in [0.3, 0.4) is 0 Å². The van der Waals surface area contributed by atoms with Crippen molar-refractivity contribution in [1.29, 1.82) is 5.26 Å². The molecule has 0 bridgehead atoms. The van der Waals surface area contributed by atoms with Gasteiger partial charge in [0, 0.05) is 0 Å². The van der Waals surface area contributed by atoms with Crippen molar-refractivity contribution >= 4 is 0 Å². The quantitative estimate of drug-likeness (QED) is 0.914. The fourth-order valence-corrected chi connectivity index (χ4v) is 2.25. The maximum absolute atomic E-state index is 10.6. The van der Waals surface area contributed by atoms with Crippen LogP contribution < -0.4 is 0 Å². The van der Waals surface area contributed by atoms with E-state index in [2.05, 4.69) is 16.2 Å². The van der Waals surface area contributed by atoms with E-state index in [1.54, 1.807) is 24.9 Å². The first-order valence-electron chi connectivity index (χ1n) is 6.93. The van der Waals surface area contributed by atoms with Crippen LogP contribution >= 0.6 is 0 Å². The van der Waals surface area contributed by atoms with E-state index in [4.69, 9.17) is 0 Å². The Hall–Kier alpha value is -2.19. The molecule has 0 aliphatic rings. The largest absolute Gasteiger partial charge is 0.389 e. The van der Waals surface area contributed by atoms with Crippen LogP contribution in [0.15, 0.2) is 36.9 Å². The third kappa shape index (κ3) is 3.47. The zero-order valence-corrected chi connectivity index (χ0v) is 12.6. The number of benzene rings is 1. The summed E-state index contributed by atoms with van der Waals surface area (Å²) in [5, 5.41) is 24.0. The van der Waals surface area contributed by atoms with Crippen LogP contribution in [0.4, 0.5) is 0 Å². The van der Waals surface area contributed by atoms with E-state index in [1.807, 2.05) is 31.2 Å². The molecule has 1 N–H and O–H groups in total. The molecule has 0 amide bonds. The van der Waals surface area contributed by atoms with Crippen LogP contribution in [0.25, 0.3) is 0 Å². The molecule has 0 fully saturated rings. The summed E-state index contributed by atoms with van der Waals surface area (Å²) >= 11 is 0. The number of aryl methyl sites for hydroxylation is 1. The highest BCUT2D eigenvalue weighted by Gasteiger charge is 2.36. The summed E-state index contributed by atoms with van der Waals surface area (Å²) in [6, 6.07) is 9.98. The molecule has 0 aliphatic carbocycles. The molecule has 0 radical (unpaired) electrons. The Bertz CT molecular complexity index is 611. The van der Waals surface area contributed by atoms with Crippen molar-refractivity contribution in [1.82, 2.24) is 14.8 Å². The number of aromatic nitrogens is 3. The summed E-state index contributed by atoms with van der Waals surface area (Å²) in [6.45, 7) is 5.50. The highest BCUT2D eigenvalue weighted by molar-refractivity contribution is 5.22. The average Bonchev–Trinajstić information content (AvgIpc) is 3.00. The lowest BCUT2D eigenvalue weighted by molar-refractivity contribution is 0.0316. The molecule has 1 heterocycles. The SMILES string of the molecule is Cc1ccc(CC(C(O)C(C)(C)C#N)n2cncn2)cc1. The van der Waals surface area contributed by atoms with Crippen molar-refractivity contribution < 1.29 is 5.11 Å². The van der Waals surface area contributed by atoms with Crippen molar-refractivity contribution in [2.24, 2.45) is 5.41 Å². The number of hydrogen-bond donors (Lipinski definition) is 1. The smallest absolute Gasteiger partial charge is 0.137 e. The fraction of sp³-hybridized carbons (Fsp3) is 0.438. The van der Waals surface area contributed by atoms with Gasteiger partial charge in [-0.3, -0.25) is 0 Å². The van der Waals surface area contributed by atoms with Crippen LogP contribution in [0.2, 0.25) is 0 Å². The average molecular weight is 284 g/mol. The third-order valence-electron chi connectivity index (χ3n) is 3.73. The van der Waals surface area contributed by atoms with Crippen LogP contribution in [0.1, 0.15) is 31.0 Å². The van der Waals surface area contributed by atoms with Gasteiger partial charge in [-0.05, 0) is 32.8 Å². The van der Waals surface area contributed by atoms with E-state index in [0.29, 0.717) is 6.42 Å².